The lowest BCUT2D eigenvalue weighted by atomic mass is 10.3. The highest BCUT2D eigenvalue weighted by Crippen LogP contribution is 2.24. The van der Waals surface area contributed by atoms with Gasteiger partial charge in [0.2, 0.25) is 0 Å². The van der Waals surface area contributed by atoms with E-state index in [0.717, 1.165) is 18.6 Å². The van der Waals surface area contributed by atoms with Crippen molar-refractivity contribution in [1.82, 2.24) is 0 Å². The van der Waals surface area contributed by atoms with Crippen molar-refractivity contribution in [1.29, 1.82) is 0 Å². The molecule has 0 aromatic heterocycles. The van der Waals surface area contributed by atoms with Gasteiger partial charge >= 0.3 is 0 Å². The summed E-state index contributed by atoms with van der Waals surface area (Å²) in [4.78, 5) is 0. The van der Waals surface area contributed by atoms with Gasteiger partial charge in [-0.1, -0.05) is 0 Å². The average Bonchev–Trinajstić information content (AvgIpc) is 2.11. The molecule has 0 N–H and O–H groups in total. The molecule has 2 nitrogen and oxygen atoms in total. The Hall–Kier alpha value is -1.04. The van der Waals surface area contributed by atoms with Crippen molar-refractivity contribution in [3.63, 3.8) is 0 Å². The van der Waals surface area contributed by atoms with E-state index in [9.17, 15) is 17.4 Å². The summed E-state index contributed by atoms with van der Waals surface area (Å²) in [5, 5.41) is 0. The van der Waals surface area contributed by atoms with Gasteiger partial charge in [0.1, 0.15) is 0 Å². The van der Waals surface area contributed by atoms with E-state index in [0.29, 0.717) is 11.5 Å². The number of hydrogen-bond donors (Lipinski definition) is 0. The van der Waals surface area contributed by atoms with E-state index in [2.05, 4.69) is 4.36 Å². The van der Waals surface area contributed by atoms with E-state index >= 15 is 0 Å². The van der Waals surface area contributed by atoms with Crippen LogP contribution in [0.25, 0.3) is 0 Å². The standard InChI is InChI=1S/C9H8F3NOS/c10-7-4-6(5-8(11)9(7)12)13-15(14)2-1-3-15/h4-5H,1-3H2. The summed E-state index contributed by atoms with van der Waals surface area (Å²) < 4.78 is 53.5. The van der Waals surface area contributed by atoms with Gasteiger partial charge in [0, 0.05) is 23.6 Å². The van der Waals surface area contributed by atoms with Crippen LogP contribution in [0.3, 0.4) is 0 Å². The van der Waals surface area contributed by atoms with Crippen molar-refractivity contribution in [2.75, 3.05) is 11.5 Å². The molecule has 1 heterocycles. The van der Waals surface area contributed by atoms with E-state index in [-0.39, 0.29) is 5.69 Å². The molecule has 0 radical (unpaired) electrons. The van der Waals surface area contributed by atoms with Gasteiger partial charge in [-0.05, 0) is 6.42 Å². The van der Waals surface area contributed by atoms with Crippen LogP contribution in [0.15, 0.2) is 16.5 Å². The molecule has 1 aromatic carbocycles. The fraction of sp³-hybridized carbons (Fsp3) is 0.333. The molecular weight excluding hydrogens is 227 g/mol. The molecule has 6 heteroatoms. The molecule has 0 saturated carbocycles. The molecule has 0 unspecified atom stereocenters. The third kappa shape index (κ3) is 1.99. The van der Waals surface area contributed by atoms with Gasteiger partial charge in [-0.2, -0.15) is 4.36 Å². The summed E-state index contributed by atoms with van der Waals surface area (Å²) >= 11 is 0. The van der Waals surface area contributed by atoms with Crippen molar-refractivity contribution in [3.8, 4) is 0 Å². The molecule has 0 amide bonds. The van der Waals surface area contributed by atoms with E-state index in [1.807, 2.05) is 0 Å². The highest BCUT2D eigenvalue weighted by atomic mass is 32.2. The van der Waals surface area contributed by atoms with Crippen LogP contribution >= 0.6 is 0 Å². The Bertz CT molecular complexity index is 487. The maximum absolute atomic E-state index is 12.8. The third-order valence-electron chi connectivity index (χ3n) is 2.17. The first-order valence-corrected chi connectivity index (χ1v) is 6.23. The Morgan fingerprint density at radius 1 is 1.13 bits per heavy atom. The van der Waals surface area contributed by atoms with Gasteiger partial charge in [0.05, 0.1) is 15.4 Å². The maximum Gasteiger partial charge on any atom is 0.194 e. The van der Waals surface area contributed by atoms with Gasteiger partial charge in [0.25, 0.3) is 0 Å². The Labute approximate surface area is 85.3 Å². The fourth-order valence-corrected chi connectivity index (χ4v) is 2.72. The number of hydrogen-bond acceptors (Lipinski definition) is 2. The predicted octanol–water partition coefficient (Wildman–Crippen LogP) is 2.61. The van der Waals surface area contributed by atoms with Gasteiger partial charge < -0.3 is 0 Å². The summed E-state index contributed by atoms with van der Waals surface area (Å²) in [6.07, 6.45) is 0.800. The summed E-state index contributed by atoms with van der Waals surface area (Å²) in [5.41, 5.74) is -0.101. The summed E-state index contributed by atoms with van der Waals surface area (Å²) in [7, 11) is -2.32. The molecule has 15 heavy (non-hydrogen) atoms. The van der Waals surface area contributed by atoms with E-state index < -0.39 is 27.2 Å². The first kappa shape index (κ1) is 10.5. The van der Waals surface area contributed by atoms with Crippen molar-refractivity contribution < 1.29 is 17.4 Å². The number of rotatable bonds is 1. The van der Waals surface area contributed by atoms with E-state index in [1.165, 1.54) is 0 Å². The van der Waals surface area contributed by atoms with Crippen molar-refractivity contribution in [2.24, 2.45) is 4.36 Å². The smallest absolute Gasteiger partial charge is 0.194 e. The zero-order chi connectivity index (χ0) is 11.1. The molecule has 0 bridgehead atoms. The van der Waals surface area contributed by atoms with Crippen LogP contribution in [0, 0.1) is 17.5 Å². The van der Waals surface area contributed by atoms with Gasteiger partial charge in [0.15, 0.2) is 17.5 Å². The SMILES string of the molecule is O=S1(=Nc2cc(F)c(F)c(F)c2)CCC1. The highest BCUT2D eigenvalue weighted by molar-refractivity contribution is 7.95. The first-order valence-electron chi connectivity index (χ1n) is 4.37. The van der Waals surface area contributed by atoms with Crippen LogP contribution in [0.5, 0.6) is 0 Å². The molecule has 0 atom stereocenters. The second kappa shape index (κ2) is 3.52. The molecule has 1 fully saturated rings. The Morgan fingerprint density at radius 2 is 1.67 bits per heavy atom. The average molecular weight is 235 g/mol. The molecule has 1 aliphatic rings. The minimum absolute atomic E-state index is 0.101. The van der Waals surface area contributed by atoms with Crippen molar-refractivity contribution >= 4 is 15.4 Å². The molecule has 1 aromatic rings. The predicted molar refractivity (Wildman–Crippen MR) is 50.9 cm³/mol. The van der Waals surface area contributed by atoms with Crippen molar-refractivity contribution in [3.05, 3.63) is 29.6 Å². The largest absolute Gasteiger partial charge is 0.249 e. The van der Waals surface area contributed by atoms with Crippen LogP contribution in [0.2, 0.25) is 0 Å². The second-order valence-corrected chi connectivity index (χ2v) is 5.89. The minimum atomic E-state index is -2.32. The lowest BCUT2D eigenvalue weighted by Gasteiger charge is -2.17. The molecule has 0 spiro atoms. The molecule has 2 rings (SSSR count). The van der Waals surface area contributed by atoms with Crippen molar-refractivity contribution in [2.45, 2.75) is 6.42 Å². The lowest BCUT2D eigenvalue weighted by Crippen LogP contribution is -2.22. The minimum Gasteiger partial charge on any atom is -0.249 e. The molecular formula is C9H8F3NOS. The molecule has 1 saturated heterocycles. The lowest BCUT2D eigenvalue weighted by molar-refractivity contribution is 0.447. The maximum atomic E-state index is 12.8. The monoisotopic (exact) mass is 235 g/mol. The summed E-state index contributed by atoms with van der Waals surface area (Å²) in [6, 6.07) is 1.51. The Balaban J connectivity index is 2.47. The highest BCUT2D eigenvalue weighted by Gasteiger charge is 2.20. The van der Waals surface area contributed by atoms with E-state index in [4.69, 9.17) is 0 Å². The number of halogens is 3. The fourth-order valence-electron chi connectivity index (χ4n) is 1.27. The van der Waals surface area contributed by atoms with Crippen LogP contribution in [0.4, 0.5) is 18.9 Å². The second-order valence-electron chi connectivity index (χ2n) is 3.35. The van der Waals surface area contributed by atoms with Crippen LogP contribution in [-0.2, 0) is 9.73 Å². The Morgan fingerprint density at radius 3 is 2.07 bits per heavy atom. The van der Waals surface area contributed by atoms with Gasteiger partial charge in [-0.3, -0.25) is 0 Å². The summed E-state index contributed by atoms with van der Waals surface area (Å²) in [6.45, 7) is 0. The summed E-state index contributed by atoms with van der Waals surface area (Å²) in [5.74, 6) is -3.27. The third-order valence-corrected chi connectivity index (χ3v) is 4.56. The number of nitrogens with zero attached hydrogens (tertiary/aromatic N) is 1. The Kier molecular flexibility index (Phi) is 2.46. The van der Waals surface area contributed by atoms with Crippen LogP contribution < -0.4 is 0 Å². The topological polar surface area (TPSA) is 29.4 Å². The zero-order valence-corrected chi connectivity index (χ0v) is 8.49. The number of benzene rings is 1. The molecule has 1 aliphatic heterocycles. The molecule has 0 aliphatic carbocycles. The molecule has 82 valence electrons. The van der Waals surface area contributed by atoms with Crippen LogP contribution in [0.1, 0.15) is 6.42 Å². The van der Waals surface area contributed by atoms with E-state index in [1.54, 1.807) is 0 Å². The van der Waals surface area contributed by atoms with Gasteiger partial charge in [-0.25, -0.2) is 17.4 Å². The van der Waals surface area contributed by atoms with Gasteiger partial charge in [-0.15, -0.1) is 0 Å². The first-order chi connectivity index (χ1) is 7.00. The normalized spacial score (nSPS) is 18.3. The zero-order valence-electron chi connectivity index (χ0n) is 7.67. The quantitative estimate of drug-likeness (QED) is 0.688. The van der Waals surface area contributed by atoms with Crippen LogP contribution in [-0.4, -0.2) is 15.7 Å².